The molecule has 154 valence electrons. The quantitative estimate of drug-likeness (QED) is 0.412. The first kappa shape index (κ1) is 19.6. The van der Waals surface area contributed by atoms with Crippen LogP contribution in [0.5, 0.6) is 0 Å². The van der Waals surface area contributed by atoms with E-state index in [4.69, 9.17) is 11.6 Å². The third-order valence-corrected chi connectivity index (χ3v) is 6.15. The van der Waals surface area contributed by atoms with Crippen molar-refractivity contribution in [2.75, 3.05) is 4.90 Å². The molecule has 1 aliphatic rings. The van der Waals surface area contributed by atoms with Crippen LogP contribution in [0.15, 0.2) is 72.8 Å². The molecule has 3 aromatic carbocycles. The van der Waals surface area contributed by atoms with Crippen LogP contribution in [0.25, 0.3) is 11.3 Å². The molecular weight excluding hydrogens is 406 g/mol. The van der Waals surface area contributed by atoms with Crippen LogP contribution in [0, 0.1) is 6.92 Å². The maximum atomic E-state index is 13.5. The molecule has 1 aliphatic heterocycles. The van der Waals surface area contributed by atoms with E-state index in [2.05, 4.69) is 72.6 Å². The lowest BCUT2D eigenvalue weighted by molar-refractivity contribution is 0.0989. The van der Waals surface area contributed by atoms with Crippen molar-refractivity contribution in [3.63, 3.8) is 0 Å². The Morgan fingerprint density at radius 3 is 2.29 bits per heavy atom. The third-order valence-electron chi connectivity index (χ3n) is 5.90. The summed E-state index contributed by atoms with van der Waals surface area (Å²) in [5.41, 5.74) is 7.54. The molecule has 4 nitrogen and oxygen atoms in total. The molecule has 2 heterocycles. The smallest absolute Gasteiger partial charge is 0.277 e. The Hall–Kier alpha value is -3.37. The molecule has 0 bridgehead atoms. The topological polar surface area (TPSA) is 49.0 Å². The van der Waals surface area contributed by atoms with E-state index in [1.165, 1.54) is 11.1 Å². The number of carbonyl (C=O) groups excluding carboxylic acids is 1. The second kappa shape index (κ2) is 7.71. The second-order valence-corrected chi connectivity index (χ2v) is 8.31. The van der Waals surface area contributed by atoms with Crippen molar-refractivity contribution in [1.29, 1.82) is 0 Å². The number of fused-ring (bicyclic) bond motifs is 1. The summed E-state index contributed by atoms with van der Waals surface area (Å²) in [5.74, 6) is -0.0900. The third kappa shape index (κ3) is 3.33. The number of nitrogens with zero attached hydrogens (tertiary/aromatic N) is 2. The molecule has 0 radical (unpaired) electrons. The SMILES string of the molecule is CCc1ccc(C2c3c(-c4ccc(C)cc4)n[nH]c3C(=O)N2c2ccc(Cl)cc2)cc1. The van der Waals surface area contributed by atoms with Crippen LogP contribution in [0.3, 0.4) is 0 Å². The number of anilines is 1. The lowest BCUT2D eigenvalue weighted by Gasteiger charge is -2.26. The van der Waals surface area contributed by atoms with Gasteiger partial charge in [0.2, 0.25) is 0 Å². The molecule has 31 heavy (non-hydrogen) atoms. The Bertz CT molecular complexity index is 1240. The van der Waals surface area contributed by atoms with E-state index in [-0.39, 0.29) is 11.9 Å². The van der Waals surface area contributed by atoms with Crippen molar-refractivity contribution in [2.24, 2.45) is 0 Å². The number of benzene rings is 3. The van der Waals surface area contributed by atoms with Gasteiger partial charge in [0.15, 0.2) is 0 Å². The van der Waals surface area contributed by atoms with Crippen LogP contribution < -0.4 is 4.90 Å². The predicted octanol–water partition coefficient (Wildman–Crippen LogP) is 6.35. The molecule has 5 heteroatoms. The normalized spacial score (nSPS) is 15.4. The minimum absolute atomic E-state index is 0.0900. The maximum absolute atomic E-state index is 13.5. The van der Waals surface area contributed by atoms with E-state index < -0.39 is 0 Å². The number of aromatic nitrogens is 2. The first-order valence-electron chi connectivity index (χ1n) is 10.4. The van der Waals surface area contributed by atoms with Gasteiger partial charge in [0.1, 0.15) is 5.69 Å². The van der Waals surface area contributed by atoms with Crippen molar-refractivity contribution in [3.8, 4) is 11.3 Å². The summed E-state index contributed by atoms with van der Waals surface area (Å²) < 4.78 is 0. The van der Waals surface area contributed by atoms with Gasteiger partial charge in [-0.05, 0) is 48.7 Å². The summed E-state index contributed by atoms with van der Waals surface area (Å²) in [4.78, 5) is 15.3. The lowest BCUT2D eigenvalue weighted by atomic mass is 9.94. The number of halogens is 1. The van der Waals surface area contributed by atoms with E-state index in [9.17, 15) is 4.79 Å². The summed E-state index contributed by atoms with van der Waals surface area (Å²) >= 11 is 6.11. The number of hydrogen-bond donors (Lipinski definition) is 1. The monoisotopic (exact) mass is 427 g/mol. The van der Waals surface area contributed by atoms with Gasteiger partial charge in [0.25, 0.3) is 5.91 Å². The highest BCUT2D eigenvalue weighted by molar-refractivity contribution is 6.30. The molecule has 0 aliphatic carbocycles. The van der Waals surface area contributed by atoms with Gasteiger partial charge < -0.3 is 0 Å². The van der Waals surface area contributed by atoms with Gasteiger partial charge in [-0.1, -0.05) is 72.6 Å². The number of rotatable bonds is 4. The van der Waals surface area contributed by atoms with Gasteiger partial charge >= 0.3 is 0 Å². The highest BCUT2D eigenvalue weighted by Gasteiger charge is 2.43. The summed E-state index contributed by atoms with van der Waals surface area (Å²) in [6, 6.07) is 23.8. The van der Waals surface area contributed by atoms with Gasteiger partial charge in [-0.3, -0.25) is 14.8 Å². The number of aromatic amines is 1. The van der Waals surface area contributed by atoms with Gasteiger partial charge in [-0.25, -0.2) is 0 Å². The van der Waals surface area contributed by atoms with Gasteiger partial charge in [0, 0.05) is 21.8 Å². The zero-order chi connectivity index (χ0) is 21.5. The minimum Gasteiger partial charge on any atom is -0.295 e. The van der Waals surface area contributed by atoms with Gasteiger partial charge in [-0.15, -0.1) is 0 Å². The van der Waals surface area contributed by atoms with Crippen LogP contribution in [0.1, 0.15) is 45.7 Å². The average molecular weight is 428 g/mol. The molecule has 1 atom stereocenters. The lowest BCUT2D eigenvalue weighted by Crippen LogP contribution is -2.29. The Balaban J connectivity index is 1.70. The van der Waals surface area contributed by atoms with Crippen molar-refractivity contribution in [1.82, 2.24) is 10.2 Å². The summed E-state index contributed by atoms with van der Waals surface area (Å²) in [7, 11) is 0. The molecule has 0 fully saturated rings. The maximum Gasteiger partial charge on any atom is 0.277 e. The van der Waals surface area contributed by atoms with Crippen LogP contribution >= 0.6 is 11.6 Å². The first-order valence-corrected chi connectivity index (χ1v) is 10.8. The summed E-state index contributed by atoms with van der Waals surface area (Å²) in [6.45, 7) is 4.19. The zero-order valence-corrected chi connectivity index (χ0v) is 18.1. The second-order valence-electron chi connectivity index (χ2n) is 7.88. The number of nitrogens with one attached hydrogen (secondary N) is 1. The van der Waals surface area contributed by atoms with Gasteiger partial charge in [-0.2, -0.15) is 5.10 Å². The van der Waals surface area contributed by atoms with Crippen LogP contribution in [-0.2, 0) is 6.42 Å². The largest absolute Gasteiger partial charge is 0.295 e. The molecule has 0 saturated carbocycles. The highest BCUT2D eigenvalue weighted by Crippen LogP contribution is 2.45. The number of hydrogen-bond acceptors (Lipinski definition) is 2. The Kier molecular flexibility index (Phi) is 4.87. The first-order chi connectivity index (χ1) is 15.1. The Morgan fingerprint density at radius 1 is 0.968 bits per heavy atom. The average Bonchev–Trinajstić information content (AvgIpc) is 3.34. The zero-order valence-electron chi connectivity index (χ0n) is 17.4. The molecule has 4 aromatic rings. The fourth-order valence-corrected chi connectivity index (χ4v) is 4.32. The molecule has 0 spiro atoms. The molecule has 1 aromatic heterocycles. The van der Waals surface area contributed by atoms with Crippen molar-refractivity contribution in [2.45, 2.75) is 26.3 Å². The molecule has 1 amide bonds. The Labute approximate surface area is 186 Å². The van der Waals surface area contributed by atoms with Crippen molar-refractivity contribution in [3.05, 3.63) is 106 Å². The van der Waals surface area contributed by atoms with Crippen LogP contribution in [0.2, 0.25) is 5.02 Å². The molecule has 1 unspecified atom stereocenters. The van der Waals surface area contributed by atoms with E-state index in [0.29, 0.717) is 10.7 Å². The fraction of sp³-hybridized carbons (Fsp3) is 0.154. The van der Waals surface area contributed by atoms with E-state index >= 15 is 0 Å². The molecule has 5 rings (SSSR count). The predicted molar refractivity (Wildman–Crippen MR) is 125 cm³/mol. The van der Waals surface area contributed by atoms with Crippen molar-refractivity contribution >= 4 is 23.2 Å². The van der Waals surface area contributed by atoms with E-state index in [0.717, 1.165) is 34.5 Å². The number of aryl methyl sites for hydroxylation is 2. The van der Waals surface area contributed by atoms with E-state index in [1.54, 1.807) is 0 Å². The minimum atomic E-state index is -0.273. The van der Waals surface area contributed by atoms with Gasteiger partial charge in [0.05, 0.1) is 11.7 Å². The summed E-state index contributed by atoms with van der Waals surface area (Å²) in [5, 5.41) is 8.20. The molecule has 0 saturated heterocycles. The summed E-state index contributed by atoms with van der Waals surface area (Å²) in [6.07, 6.45) is 0.969. The van der Waals surface area contributed by atoms with Crippen LogP contribution in [-0.4, -0.2) is 16.1 Å². The number of amides is 1. The standard InChI is InChI=1S/C26H22ClN3O/c1-3-17-6-10-19(11-7-17)25-22-23(18-8-4-16(2)5-9-18)28-29-24(22)26(31)30(25)21-14-12-20(27)13-15-21/h4-15,25H,3H2,1-2H3,(H,28,29). The fourth-order valence-electron chi connectivity index (χ4n) is 4.20. The number of H-pyrrole nitrogens is 1. The highest BCUT2D eigenvalue weighted by atomic mass is 35.5. The van der Waals surface area contributed by atoms with Crippen molar-refractivity contribution < 1.29 is 4.79 Å². The Morgan fingerprint density at radius 2 is 1.65 bits per heavy atom. The van der Waals surface area contributed by atoms with Crippen LogP contribution in [0.4, 0.5) is 5.69 Å². The number of carbonyl (C=O) groups is 1. The molecule has 1 N–H and O–H groups in total. The molecular formula is C26H22ClN3O. The van der Waals surface area contributed by atoms with E-state index in [1.807, 2.05) is 29.2 Å².